The maximum atomic E-state index is 13.5. The monoisotopic (exact) mass is 406 g/mol. The number of nitrogens with zero attached hydrogens (tertiary/aromatic N) is 2. The number of aryl methyl sites for hydroxylation is 1. The van der Waals surface area contributed by atoms with Gasteiger partial charge in [0.05, 0.1) is 32.7 Å². The second-order valence-electron chi connectivity index (χ2n) is 8.26. The van der Waals surface area contributed by atoms with Crippen LogP contribution >= 0.6 is 0 Å². The largest absolute Gasteiger partial charge is 0.454 e. The molecule has 2 aromatic carbocycles. The second kappa shape index (κ2) is 8.03. The van der Waals surface area contributed by atoms with Crippen LogP contribution in [0.3, 0.4) is 0 Å². The van der Waals surface area contributed by atoms with E-state index >= 15 is 0 Å². The van der Waals surface area contributed by atoms with Gasteiger partial charge in [-0.15, -0.1) is 0 Å². The van der Waals surface area contributed by atoms with E-state index in [1.165, 1.54) is 36.8 Å². The highest BCUT2D eigenvalue weighted by Gasteiger charge is 2.24. The average Bonchev–Trinajstić information content (AvgIpc) is 3.51. The molecule has 0 spiro atoms. The molecule has 3 aromatic rings. The number of amides is 1. The first-order chi connectivity index (χ1) is 14.7. The summed E-state index contributed by atoms with van der Waals surface area (Å²) in [5.74, 6) is 1.39. The molecule has 1 amide bonds. The molecule has 30 heavy (non-hydrogen) atoms. The maximum absolute atomic E-state index is 13.5. The normalized spacial score (nSPS) is 15.8. The van der Waals surface area contributed by atoms with Crippen LogP contribution in [0.5, 0.6) is 11.5 Å². The fourth-order valence-electron chi connectivity index (χ4n) is 4.58. The maximum Gasteiger partial charge on any atom is 0.254 e. The van der Waals surface area contributed by atoms with Crippen molar-refractivity contribution in [3.05, 3.63) is 59.8 Å². The molecule has 0 aliphatic carbocycles. The average molecular weight is 407 g/mol. The molecule has 5 rings (SSSR count). The van der Waals surface area contributed by atoms with Crippen LogP contribution < -0.4 is 14.4 Å². The van der Waals surface area contributed by atoms with Gasteiger partial charge in [0, 0.05) is 36.7 Å². The van der Waals surface area contributed by atoms with Gasteiger partial charge in [-0.25, -0.2) is 0 Å². The molecule has 2 aliphatic heterocycles. The van der Waals surface area contributed by atoms with Crippen LogP contribution in [0, 0.1) is 0 Å². The van der Waals surface area contributed by atoms with Crippen LogP contribution in [0.25, 0.3) is 10.9 Å². The summed E-state index contributed by atoms with van der Waals surface area (Å²) in [7, 11) is 2.08. The van der Waals surface area contributed by atoms with E-state index in [0.29, 0.717) is 23.6 Å². The summed E-state index contributed by atoms with van der Waals surface area (Å²) < 4.78 is 13.1. The summed E-state index contributed by atoms with van der Waals surface area (Å²) in [6.45, 7) is 4.95. The number of para-hydroxylation sites is 1. The summed E-state index contributed by atoms with van der Waals surface area (Å²) in [6, 6.07) is 16.0. The highest BCUT2D eigenvalue weighted by atomic mass is 16.7. The molecular weight excluding hydrogens is 378 g/mol. The third kappa shape index (κ3) is 3.63. The van der Waals surface area contributed by atoms with Crippen molar-refractivity contribution in [3.8, 4) is 11.5 Å². The molecule has 0 atom stereocenters. The third-order valence-electron chi connectivity index (χ3n) is 6.36. The summed E-state index contributed by atoms with van der Waals surface area (Å²) >= 11 is 0. The minimum absolute atomic E-state index is 0.0390. The molecule has 2 aliphatic rings. The van der Waals surface area contributed by atoms with E-state index in [1.54, 1.807) is 4.90 Å². The van der Waals surface area contributed by atoms with Crippen molar-refractivity contribution < 1.29 is 19.2 Å². The van der Waals surface area contributed by atoms with Crippen LogP contribution in [-0.2, 0) is 13.6 Å². The Morgan fingerprint density at radius 1 is 1.07 bits per heavy atom. The number of hydrogen-bond donors (Lipinski definition) is 1. The van der Waals surface area contributed by atoms with Gasteiger partial charge < -0.3 is 23.8 Å². The number of likely N-dealkylation sites (tertiary alicyclic amines) is 1. The second-order valence-corrected chi connectivity index (χ2v) is 8.26. The summed E-state index contributed by atoms with van der Waals surface area (Å²) in [5.41, 5.74) is 2.98. The van der Waals surface area contributed by atoms with Gasteiger partial charge in [0.2, 0.25) is 6.79 Å². The Morgan fingerprint density at radius 2 is 1.87 bits per heavy atom. The Bertz CT molecular complexity index is 1070. The number of aromatic nitrogens is 1. The Morgan fingerprint density at radius 3 is 2.70 bits per heavy atom. The number of rotatable bonds is 6. The van der Waals surface area contributed by atoms with Crippen molar-refractivity contribution in [2.45, 2.75) is 19.4 Å². The summed E-state index contributed by atoms with van der Waals surface area (Å²) in [5, 5.41) is 1.20. The molecule has 0 bridgehead atoms. The lowest BCUT2D eigenvalue weighted by Gasteiger charge is -2.25. The Labute approximate surface area is 176 Å². The molecule has 3 heterocycles. The molecule has 6 heteroatoms. The van der Waals surface area contributed by atoms with Gasteiger partial charge in [-0.2, -0.15) is 0 Å². The summed E-state index contributed by atoms with van der Waals surface area (Å²) in [4.78, 5) is 17.1. The number of carbonyl (C=O) groups is 1. The predicted octanol–water partition coefficient (Wildman–Crippen LogP) is 2.23. The highest BCUT2D eigenvalue weighted by molar-refractivity contribution is 5.95. The zero-order valence-electron chi connectivity index (χ0n) is 17.4. The van der Waals surface area contributed by atoms with Crippen molar-refractivity contribution in [3.63, 3.8) is 0 Å². The number of quaternary nitrogens is 1. The van der Waals surface area contributed by atoms with Crippen LogP contribution in [0.1, 0.15) is 28.9 Å². The lowest BCUT2D eigenvalue weighted by atomic mass is 10.1. The van der Waals surface area contributed by atoms with Gasteiger partial charge in [0.25, 0.3) is 5.91 Å². The van der Waals surface area contributed by atoms with Gasteiger partial charge in [-0.3, -0.25) is 4.79 Å². The van der Waals surface area contributed by atoms with Crippen molar-refractivity contribution in [2.24, 2.45) is 7.05 Å². The van der Waals surface area contributed by atoms with Crippen LogP contribution in [0.2, 0.25) is 0 Å². The molecular formula is C24H28N3O3+. The van der Waals surface area contributed by atoms with Gasteiger partial charge in [-0.05, 0) is 35.7 Å². The minimum Gasteiger partial charge on any atom is -0.454 e. The molecule has 1 fully saturated rings. The van der Waals surface area contributed by atoms with E-state index in [2.05, 4.69) is 41.9 Å². The first-order valence-electron chi connectivity index (χ1n) is 10.7. The zero-order chi connectivity index (χ0) is 20.5. The summed E-state index contributed by atoms with van der Waals surface area (Å²) in [6.07, 6.45) is 2.57. The fourth-order valence-corrected chi connectivity index (χ4v) is 4.58. The van der Waals surface area contributed by atoms with E-state index in [4.69, 9.17) is 9.47 Å². The smallest absolute Gasteiger partial charge is 0.254 e. The number of ether oxygens (including phenoxy) is 2. The topological polar surface area (TPSA) is 48.1 Å². The predicted molar refractivity (Wildman–Crippen MR) is 115 cm³/mol. The minimum atomic E-state index is 0.0390. The van der Waals surface area contributed by atoms with E-state index < -0.39 is 0 Å². The number of benzene rings is 2. The Balaban J connectivity index is 1.41. The SMILES string of the molecule is Cn1c(CN(CC[NH+]2CCCC2)C(=O)c2ccc3c(c2)OCO3)cc2ccccc21. The molecule has 1 N–H and O–H groups in total. The molecule has 0 unspecified atom stereocenters. The van der Waals surface area contributed by atoms with E-state index in [-0.39, 0.29) is 12.7 Å². The lowest BCUT2D eigenvalue weighted by molar-refractivity contribution is -0.886. The van der Waals surface area contributed by atoms with Gasteiger partial charge >= 0.3 is 0 Å². The van der Waals surface area contributed by atoms with Crippen LogP contribution in [-0.4, -0.2) is 48.3 Å². The molecule has 6 nitrogen and oxygen atoms in total. The van der Waals surface area contributed by atoms with Gasteiger partial charge in [-0.1, -0.05) is 18.2 Å². The zero-order valence-corrected chi connectivity index (χ0v) is 17.4. The number of hydrogen-bond acceptors (Lipinski definition) is 3. The van der Waals surface area contributed by atoms with E-state index in [0.717, 1.165) is 18.8 Å². The number of fused-ring (bicyclic) bond motifs is 2. The Hall–Kier alpha value is -2.99. The quantitative estimate of drug-likeness (QED) is 0.683. The fraction of sp³-hybridized carbons (Fsp3) is 0.375. The number of nitrogens with one attached hydrogen (secondary N) is 1. The van der Waals surface area contributed by atoms with Crippen molar-refractivity contribution in [1.82, 2.24) is 9.47 Å². The Kier molecular flexibility index (Phi) is 5.09. The van der Waals surface area contributed by atoms with Gasteiger partial charge in [0.1, 0.15) is 0 Å². The first-order valence-corrected chi connectivity index (χ1v) is 10.7. The standard InChI is InChI=1S/C24H27N3O3/c1-25-20(14-18-6-2-3-7-21(18)25)16-27(13-12-26-10-4-5-11-26)24(28)19-8-9-22-23(15-19)30-17-29-22/h2-3,6-9,14-15H,4-5,10-13,16-17H2,1H3/p+1. The molecule has 0 radical (unpaired) electrons. The van der Waals surface area contributed by atoms with Crippen LogP contribution in [0.15, 0.2) is 48.5 Å². The first kappa shape index (κ1) is 19.0. The van der Waals surface area contributed by atoms with E-state index in [9.17, 15) is 4.79 Å². The van der Waals surface area contributed by atoms with Crippen LogP contribution in [0.4, 0.5) is 0 Å². The lowest BCUT2D eigenvalue weighted by Crippen LogP contribution is -3.10. The molecule has 1 aromatic heterocycles. The van der Waals surface area contributed by atoms with Crippen molar-refractivity contribution in [1.29, 1.82) is 0 Å². The number of carbonyl (C=O) groups excluding carboxylic acids is 1. The van der Waals surface area contributed by atoms with Crippen molar-refractivity contribution >= 4 is 16.8 Å². The van der Waals surface area contributed by atoms with Gasteiger partial charge in [0.15, 0.2) is 11.5 Å². The highest BCUT2D eigenvalue weighted by Crippen LogP contribution is 2.33. The molecule has 1 saturated heterocycles. The van der Waals surface area contributed by atoms with Crippen molar-refractivity contribution in [2.75, 3.05) is 33.0 Å². The third-order valence-corrected chi connectivity index (χ3v) is 6.36. The van der Waals surface area contributed by atoms with E-state index in [1.807, 2.05) is 23.1 Å². The molecule has 0 saturated carbocycles. The molecule has 156 valence electrons.